The summed E-state index contributed by atoms with van der Waals surface area (Å²) in [6.07, 6.45) is 0.355. The van der Waals surface area contributed by atoms with Crippen molar-refractivity contribution in [2.75, 3.05) is 21.3 Å². The number of ether oxygens (including phenoxy) is 3. The summed E-state index contributed by atoms with van der Waals surface area (Å²) in [6.45, 7) is 0. The smallest absolute Gasteiger partial charge is 0.322 e. The maximum Gasteiger partial charge on any atom is 0.322 e. The Balaban J connectivity index is 2.99. The minimum Gasteiger partial charge on any atom is -0.493 e. The summed E-state index contributed by atoms with van der Waals surface area (Å²) < 4.78 is 15.8. The maximum atomic E-state index is 11.3. The Bertz CT molecular complexity index is 436. The van der Waals surface area contributed by atoms with Crippen LogP contribution < -0.4 is 15.2 Å². The van der Waals surface area contributed by atoms with Crippen LogP contribution in [0.4, 0.5) is 0 Å². The number of carbonyl (C=O) groups excluding carboxylic acids is 1. The predicted octanol–water partition coefficient (Wildman–Crippen LogP) is 1.51. The summed E-state index contributed by atoms with van der Waals surface area (Å²) >= 11 is 3.41. The maximum absolute atomic E-state index is 11.3. The Kier molecular flexibility index (Phi) is 5.43. The number of methoxy groups -OCH3 is 3. The third kappa shape index (κ3) is 3.36. The van der Waals surface area contributed by atoms with Crippen molar-refractivity contribution in [1.29, 1.82) is 0 Å². The normalized spacial score (nSPS) is 11.8. The van der Waals surface area contributed by atoms with Gasteiger partial charge in [0.2, 0.25) is 0 Å². The lowest BCUT2D eigenvalue weighted by molar-refractivity contribution is -0.142. The van der Waals surface area contributed by atoms with Crippen LogP contribution in [0.25, 0.3) is 0 Å². The minimum absolute atomic E-state index is 0.355. The summed E-state index contributed by atoms with van der Waals surface area (Å²) in [5.41, 5.74) is 6.58. The number of carbonyl (C=O) groups is 1. The van der Waals surface area contributed by atoms with Gasteiger partial charge in [0.15, 0.2) is 11.5 Å². The lowest BCUT2D eigenvalue weighted by atomic mass is 10.1. The van der Waals surface area contributed by atoms with Gasteiger partial charge in [0.25, 0.3) is 0 Å². The molecule has 0 radical (unpaired) electrons. The Morgan fingerprint density at radius 2 is 1.83 bits per heavy atom. The molecule has 0 aliphatic rings. The number of hydrogen-bond donors (Lipinski definition) is 1. The molecule has 100 valence electrons. The summed E-state index contributed by atoms with van der Waals surface area (Å²) in [6, 6.07) is 2.86. The van der Waals surface area contributed by atoms with Gasteiger partial charge in [0.1, 0.15) is 6.04 Å². The average Bonchev–Trinajstić information content (AvgIpc) is 2.39. The molecule has 1 unspecified atom stereocenters. The number of benzene rings is 1. The van der Waals surface area contributed by atoms with Crippen LogP contribution in [0.15, 0.2) is 16.6 Å². The standard InChI is InChI=1S/C12H16BrNO4/c1-16-10-5-7(4-9(14)12(15)18-3)8(13)6-11(10)17-2/h5-6,9H,4,14H2,1-3H3. The molecule has 0 heterocycles. The van der Waals surface area contributed by atoms with E-state index in [1.54, 1.807) is 26.4 Å². The SMILES string of the molecule is COC(=O)C(N)Cc1cc(OC)c(OC)cc1Br. The van der Waals surface area contributed by atoms with E-state index in [1.165, 1.54) is 7.11 Å². The summed E-state index contributed by atoms with van der Waals surface area (Å²) in [7, 11) is 4.42. The highest BCUT2D eigenvalue weighted by Gasteiger charge is 2.17. The predicted molar refractivity (Wildman–Crippen MR) is 70.9 cm³/mol. The monoisotopic (exact) mass is 317 g/mol. The van der Waals surface area contributed by atoms with E-state index in [2.05, 4.69) is 20.7 Å². The first-order valence-corrected chi connectivity index (χ1v) is 6.06. The highest BCUT2D eigenvalue weighted by atomic mass is 79.9. The van der Waals surface area contributed by atoms with Gasteiger partial charge in [-0.1, -0.05) is 15.9 Å². The second-order valence-electron chi connectivity index (χ2n) is 3.63. The average molecular weight is 318 g/mol. The highest BCUT2D eigenvalue weighted by molar-refractivity contribution is 9.10. The van der Waals surface area contributed by atoms with E-state index in [4.69, 9.17) is 15.2 Å². The zero-order valence-corrected chi connectivity index (χ0v) is 12.1. The lowest BCUT2D eigenvalue weighted by Crippen LogP contribution is -2.33. The largest absolute Gasteiger partial charge is 0.493 e. The van der Waals surface area contributed by atoms with Crippen LogP contribution >= 0.6 is 15.9 Å². The Morgan fingerprint density at radius 1 is 1.28 bits per heavy atom. The second-order valence-corrected chi connectivity index (χ2v) is 4.49. The minimum atomic E-state index is -0.704. The van der Waals surface area contributed by atoms with Crippen LogP contribution in [-0.4, -0.2) is 33.3 Å². The van der Waals surface area contributed by atoms with E-state index in [1.807, 2.05) is 0 Å². The summed E-state index contributed by atoms with van der Waals surface area (Å²) in [4.78, 5) is 11.3. The van der Waals surface area contributed by atoms with E-state index >= 15 is 0 Å². The van der Waals surface area contributed by atoms with Gasteiger partial charge in [-0.15, -0.1) is 0 Å². The van der Waals surface area contributed by atoms with Gasteiger partial charge in [-0.3, -0.25) is 4.79 Å². The number of hydrogen-bond acceptors (Lipinski definition) is 5. The molecule has 6 heteroatoms. The Morgan fingerprint density at radius 3 is 2.33 bits per heavy atom. The molecule has 1 aromatic rings. The molecule has 0 aromatic heterocycles. The van der Waals surface area contributed by atoms with E-state index < -0.39 is 12.0 Å². The van der Waals surface area contributed by atoms with Gasteiger partial charge in [-0.05, 0) is 24.1 Å². The summed E-state index contributed by atoms with van der Waals surface area (Å²) in [5, 5.41) is 0. The van der Waals surface area contributed by atoms with Crippen molar-refractivity contribution < 1.29 is 19.0 Å². The van der Waals surface area contributed by atoms with Crippen molar-refractivity contribution in [3.8, 4) is 11.5 Å². The number of esters is 1. The van der Waals surface area contributed by atoms with Gasteiger partial charge >= 0.3 is 5.97 Å². The molecule has 1 atom stereocenters. The van der Waals surface area contributed by atoms with Crippen molar-refractivity contribution in [2.24, 2.45) is 5.73 Å². The third-order valence-corrected chi connectivity index (χ3v) is 3.23. The van der Waals surface area contributed by atoms with Crippen LogP contribution in [0.5, 0.6) is 11.5 Å². The Hall–Kier alpha value is -1.27. The van der Waals surface area contributed by atoms with Crippen LogP contribution in [-0.2, 0) is 16.0 Å². The van der Waals surface area contributed by atoms with Gasteiger partial charge in [0, 0.05) is 4.47 Å². The molecule has 2 N–H and O–H groups in total. The molecule has 0 amide bonds. The van der Waals surface area contributed by atoms with Crippen molar-refractivity contribution >= 4 is 21.9 Å². The van der Waals surface area contributed by atoms with Gasteiger partial charge in [-0.2, -0.15) is 0 Å². The molecule has 0 saturated heterocycles. The third-order valence-electron chi connectivity index (χ3n) is 2.50. The molecule has 1 rings (SSSR count). The van der Waals surface area contributed by atoms with E-state index in [0.29, 0.717) is 17.9 Å². The summed E-state index contributed by atoms with van der Waals surface area (Å²) in [5.74, 6) is 0.754. The number of halogens is 1. The van der Waals surface area contributed by atoms with Crippen molar-refractivity contribution in [1.82, 2.24) is 0 Å². The molecule has 0 aliphatic carbocycles. The number of nitrogens with two attached hydrogens (primary N) is 1. The molecule has 5 nitrogen and oxygen atoms in total. The second kappa shape index (κ2) is 6.61. The number of rotatable bonds is 5. The fourth-order valence-corrected chi connectivity index (χ4v) is 2.01. The highest BCUT2D eigenvalue weighted by Crippen LogP contribution is 2.33. The first-order valence-electron chi connectivity index (χ1n) is 5.27. The van der Waals surface area contributed by atoms with E-state index in [9.17, 15) is 4.79 Å². The molecule has 0 aliphatic heterocycles. The van der Waals surface area contributed by atoms with Crippen molar-refractivity contribution in [3.05, 3.63) is 22.2 Å². The van der Waals surface area contributed by atoms with Gasteiger partial charge < -0.3 is 19.9 Å². The molecule has 1 aromatic carbocycles. The van der Waals surface area contributed by atoms with E-state index in [-0.39, 0.29) is 0 Å². The molecule has 0 bridgehead atoms. The topological polar surface area (TPSA) is 70.8 Å². The quantitative estimate of drug-likeness (QED) is 0.833. The lowest BCUT2D eigenvalue weighted by Gasteiger charge is -2.14. The molecule has 18 heavy (non-hydrogen) atoms. The first kappa shape index (κ1) is 14.8. The fourth-order valence-electron chi connectivity index (χ4n) is 1.52. The molecular weight excluding hydrogens is 302 g/mol. The Labute approximate surface area is 114 Å². The molecule has 0 spiro atoms. The van der Waals surface area contributed by atoms with Crippen LogP contribution in [0.1, 0.15) is 5.56 Å². The van der Waals surface area contributed by atoms with Crippen molar-refractivity contribution in [3.63, 3.8) is 0 Å². The first-order chi connectivity index (χ1) is 8.53. The zero-order chi connectivity index (χ0) is 13.7. The zero-order valence-electron chi connectivity index (χ0n) is 10.5. The van der Waals surface area contributed by atoms with Crippen molar-refractivity contribution in [2.45, 2.75) is 12.5 Å². The van der Waals surface area contributed by atoms with Crippen LogP contribution in [0.3, 0.4) is 0 Å². The van der Waals surface area contributed by atoms with Gasteiger partial charge in [-0.25, -0.2) is 0 Å². The van der Waals surface area contributed by atoms with Crippen LogP contribution in [0.2, 0.25) is 0 Å². The molecular formula is C12H16BrNO4. The van der Waals surface area contributed by atoms with Crippen LogP contribution in [0, 0.1) is 0 Å². The molecule has 0 saturated carbocycles. The molecule has 0 fully saturated rings. The van der Waals surface area contributed by atoms with Gasteiger partial charge in [0.05, 0.1) is 21.3 Å². The fraction of sp³-hybridized carbons (Fsp3) is 0.417. The van der Waals surface area contributed by atoms with E-state index in [0.717, 1.165) is 10.0 Å².